The van der Waals surface area contributed by atoms with Crippen LogP contribution in [0.15, 0.2) is 23.1 Å². The molecule has 0 bridgehead atoms. The summed E-state index contributed by atoms with van der Waals surface area (Å²) in [6, 6.07) is 4.07. The second-order valence-electron chi connectivity index (χ2n) is 10.2. The van der Waals surface area contributed by atoms with Crippen LogP contribution < -0.4 is 5.56 Å². The Kier molecular flexibility index (Phi) is 16.5. The molecule has 0 aliphatic carbocycles. The van der Waals surface area contributed by atoms with E-state index in [0.29, 0.717) is 24.2 Å². The van der Waals surface area contributed by atoms with Crippen molar-refractivity contribution in [1.82, 2.24) is 24.6 Å². The first kappa shape index (κ1) is 36.4. The number of pyridine rings is 1. The Bertz CT molecular complexity index is 1290. The zero-order chi connectivity index (χ0) is 31.8. The molecule has 0 saturated carbocycles. The van der Waals surface area contributed by atoms with Crippen LogP contribution in [0.5, 0.6) is 0 Å². The van der Waals surface area contributed by atoms with Crippen molar-refractivity contribution in [3.63, 3.8) is 0 Å². The summed E-state index contributed by atoms with van der Waals surface area (Å²) in [4.78, 5) is 33.8. The third-order valence-corrected chi connectivity index (χ3v) is 7.55. The molecule has 3 aromatic rings. The minimum atomic E-state index is -0.147. The van der Waals surface area contributed by atoms with Crippen molar-refractivity contribution in [2.24, 2.45) is 0 Å². The Morgan fingerprint density at radius 2 is 1.70 bits per heavy atom. The number of unbranched alkanes of at least 4 members (excludes halogenated alkanes) is 1. The predicted molar refractivity (Wildman–Crippen MR) is 175 cm³/mol. The van der Waals surface area contributed by atoms with Gasteiger partial charge in [-0.05, 0) is 70.7 Å². The molecular weight excluding hydrogens is 546 g/mol. The van der Waals surface area contributed by atoms with E-state index in [1.807, 2.05) is 63.3 Å². The lowest BCUT2D eigenvalue weighted by Gasteiger charge is -2.35. The van der Waals surface area contributed by atoms with E-state index in [4.69, 9.17) is 14.6 Å². The number of aryl methyl sites for hydroxylation is 1. The highest BCUT2D eigenvalue weighted by Crippen LogP contribution is 2.30. The third-order valence-electron chi connectivity index (χ3n) is 7.55. The van der Waals surface area contributed by atoms with E-state index in [2.05, 4.69) is 15.0 Å². The van der Waals surface area contributed by atoms with Crippen molar-refractivity contribution in [2.75, 3.05) is 65.8 Å². The molecule has 0 radical (unpaired) electrons. The number of piperazine rings is 1. The van der Waals surface area contributed by atoms with Crippen LogP contribution in [0.3, 0.4) is 0 Å². The van der Waals surface area contributed by atoms with Crippen LogP contribution in [0.25, 0.3) is 21.8 Å². The maximum atomic E-state index is 13.6. The van der Waals surface area contributed by atoms with Gasteiger partial charge < -0.3 is 24.5 Å². The van der Waals surface area contributed by atoms with E-state index < -0.39 is 0 Å². The summed E-state index contributed by atoms with van der Waals surface area (Å²) < 4.78 is 12.9. The van der Waals surface area contributed by atoms with Gasteiger partial charge in [0.25, 0.3) is 11.5 Å². The summed E-state index contributed by atoms with van der Waals surface area (Å²) in [5.74, 6) is 0.0573. The number of nitrogens with zero attached hydrogens (tertiary/aromatic N) is 4. The molecule has 10 nitrogen and oxygen atoms in total. The van der Waals surface area contributed by atoms with Crippen LogP contribution in [0.4, 0.5) is 0 Å². The first-order valence-corrected chi connectivity index (χ1v) is 16.3. The lowest BCUT2D eigenvalue weighted by Crippen LogP contribution is -2.49. The fraction of sp³-hybridized carbons (Fsp3) is 0.667. The number of ether oxygens (including phenoxy) is 2. The molecule has 43 heavy (non-hydrogen) atoms. The number of aliphatic hydroxyl groups excluding tert-OH is 1. The quantitative estimate of drug-likeness (QED) is 0.343. The summed E-state index contributed by atoms with van der Waals surface area (Å²) in [7, 11) is 0. The van der Waals surface area contributed by atoms with Crippen LogP contribution in [-0.2, 0) is 9.47 Å². The number of aromatic nitrogens is 3. The van der Waals surface area contributed by atoms with E-state index in [1.54, 1.807) is 13.1 Å². The van der Waals surface area contributed by atoms with Crippen molar-refractivity contribution in [3.8, 4) is 0 Å². The van der Waals surface area contributed by atoms with E-state index in [0.717, 1.165) is 93.6 Å². The van der Waals surface area contributed by atoms with Crippen molar-refractivity contribution >= 4 is 27.7 Å². The molecule has 0 spiro atoms. The lowest BCUT2D eigenvalue weighted by molar-refractivity contribution is 0.0630. The molecule has 0 atom stereocenters. The summed E-state index contributed by atoms with van der Waals surface area (Å²) in [5.41, 5.74) is 2.98. The molecule has 2 fully saturated rings. The number of hydrogen-bond acceptors (Lipinski definition) is 7. The Balaban J connectivity index is 0.000000853. The molecule has 0 unspecified atom stereocenters. The van der Waals surface area contributed by atoms with E-state index in [9.17, 15) is 9.59 Å². The fourth-order valence-corrected chi connectivity index (χ4v) is 5.46. The van der Waals surface area contributed by atoms with Crippen LogP contribution in [0, 0.1) is 6.92 Å². The van der Waals surface area contributed by atoms with Gasteiger partial charge in [-0.3, -0.25) is 19.2 Å². The molecule has 1 amide bonds. The molecule has 4 heterocycles. The molecule has 2 aliphatic rings. The first-order valence-electron chi connectivity index (χ1n) is 16.3. The highest BCUT2D eigenvalue weighted by atomic mass is 16.5. The Hall–Kier alpha value is -2.79. The maximum Gasteiger partial charge on any atom is 0.259 e. The molecular formula is C33H55N5O5. The van der Waals surface area contributed by atoms with Gasteiger partial charge >= 0.3 is 0 Å². The van der Waals surface area contributed by atoms with E-state index in [1.165, 1.54) is 0 Å². The first-order chi connectivity index (χ1) is 21.0. The number of hydrogen-bond donors (Lipinski definition) is 2. The summed E-state index contributed by atoms with van der Waals surface area (Å²) in [6.07, 6.45) is 5.56. The van der Waals surface area contributed by atoms with E-state index in [-0.39, 0.29) is 24.1 Å². The monoisotopic (exact) mass is 601 g/mol. The minimum Gasteiger partial charge on any atom is -0.397 e. The van der Waals surface area contributed by atoms with Gasteiger partial charge in [0.2, 0.25) is 0 Å². The largest absolute Gasteiger partial charge is 0.397 e. The van der Waals surface area contributed by atoms with Crippen molar-refractivity contribution < 1.29 is 19.4 Å². The van der Waals surface area contributed by atoms with Crippen LogP contribution in [0.2, 0.25) is 0 Å². The maximum absolute atomic E-state index is 13.6. The molecule has 2 saturated heterocycles. The Labute approximate surface area is 257 Å². The number of H-pyrrole nitrogens is 1. The van der Waals surface area contributed by atoms with Gasteiger partial charge in [0, 0.05) is 70.2 Å². The summed E-state index contributed by atoms with van der Waals surface area (Å²) in [5, 5.41) is 13.6. The Morgan fingerprint density at radius 1 is 1.05 bits per heavy atom. The van der Waals surface area contributed by atoms with E-state index >= 15 is 0 Å². The van der Waals surface area contributed by atoms with Gasteiger partial charge in [0.05, 0.1) is 28.7 Å². The topological polar surface area (TPSA) is 113 Å². The number of benzene rings is 1. The highest BCUT2D eigenvalue weighted by Gasteiger charge is 2.25. The SMILES string of the molecule is CC.CC.CCO.CCOCCCCN1CCN(C(=O)c2cc3c(cc2C)[nH]c(=O)c2cnn(C4CCOCC4)c23)CC1. The smallest absolute Gasteiger partial charge is 0.259 e. The highest BCUT2D eigenvalue weighted by molar-refractivity contribution is 6.07. The molecule has 5 rings (SSSR count). The summed E-state index contributed by atoms with van der Waals surface area (Å²) in [6.45, 7) is 21.1. The number of rotatable bonds is 8. The number of nitrogens with one attached hydrogen (secondary N) is 1. The predicted octanol–water partition coefficient (Wildman–Crippen LogP) is 5.16. The van der Waals surface area contributed by atoms with Gasteiger partial charge in [-0.25, -0.2) is 0 Å². The van der Waals surface area contributed by atoms with Crippen molar-refractivity contribution in [2.45, 2.75) is 80.2 Å². The fourth-order valence-electron chi connectivity index (χ4n) is 5.46. The summed E-state index contributed by atoms with van der Waals surface area (Å²) >= 11 is 0. The van der Waals surface area contributed by atoms with Crippen molar-refractivity contribution in [1.29, 1.82) is 0 Å². The molecule has 242 valence electrons. The zero-order valence-electron chi connectivity index (χ0n) is 27.6. The van der Waals surface area contributed by atoms with Gasteiger partial charge in [0.1, 0.15) is 0 Å². The standard InChI is InChI=1S/C27H37N5O4.C2H6O.2C2H6/c1-3-35-13-5-4-8-30-9-11-31(12-10-30)27(34)21-17-22-24(16-19(21)2)29-26(33)23-18-28-32(25(22)23)20-6-14-36-15-7-20;1-2-3;2*1-2/h16-18,20H,3-15H2,1-2H3,(H,29,33);3H,2H2,1H3;2*1-2H3. The molecule has 2 N–H and O–H groups in total. The second kappa shape index (κ2) is 19.5. The van der Waals surface area contributed by atoms with Gasteiger partial charge in [-0.15, -0.1) is 0 Å². The average Bonchev–Trinajstić information content (AvgIpc) is 3.50. The molecule has 1 aromatic carbocycles. The molecule has 10 heteroatoms. The lowest BCUT2D eigenvalue weighted by atomic mass is 10.0. The van der Waals surface area contributed by atoms with Crippen molar-refractivity contribution in [3.05, 3.63) is 39.8 Å². The van der Waals surface area contributed by atoms with Gasteiger partial charge in [-0.2, -0.15) is 5.10 Å². The van der Waals surface area contributed by atoms with Crippen LogP contribution in [0.1, 0.15) is 89.2 Å². The number of aliphatic hydroxyl groups is 1. The number of amides is 1. The average molecular weight is 602 g/mol. The number of fused-ring (bicyclic) bond motifs is 3. The zero-order valence-corrected chi connectivity index (χ0v) is 27.6. The molecule has 2 aliphatic heterocycles. The normalized spacial score (nSPS) is 15.7. The second-order valence-corrected chi connectivity index (χ2v) is 10.2. The third kappa shape index (κ3) is 9.60. The number of carbonyl (C=O) groups is 1. The number of aromatic amines is 1. The minimum absolute atomic E-state index is 0.0573. The van der Waals surface area contributed by atoms with Crippen LogP contribution >= 0.6 is 0 Å². The van der Waals surface area contributed by atoms with Gasteiger partial charge in [-0.1, -0.05) is 27.7 Å². The van der Waals surface area contributed by atoms with Gasteiger partial charge in [0.15, 0.2) is 0 Å². The molecule has 2 aromatic heterocycles. The number of carbonyl (C=O) groups excluding carboxylic acids is 1. The Morgan fingerprint density at radius 3 is 2.33 bits per heavy atom. The van der Waals surface area contributed by atoms with Crippen LogP contribution in [-0.4, -0.2) is 101 Å².